The first-order chi connectivity index (χ1) is 13.0. The number of rotatable bonds is 6. The number of esters is 1. The predicted octanol–water partition coefficient (Wildman–Crippen LogP) is 2.09. The number of aromatic nitrogens is 2. The summed E-state index contributed by atoms with van der Waals surface area (Å²) < 4.78 is 10.2. The second-order valence-corrected chi connectivity index (χ2v) is 5.90. The van der Waals surface area contributed by atoms with E-state index in [9.17, 15) is 14.7 Å². The lowest BCUT2D eigenvalue weighted by atomic mass is 10.1. The molecule has 0 amide bonds. The van der Waals surface area contributed by atoms with Gasteiger partial charge in [0, 0.05) is 12.7 Å². The van der Waals surface area contributed by atoms with Crippen LogP contribution in [0.3, 0.4) is 0 Å². The summed E-state index contributed by atoms with van der Waals surface area (Å²) in [7, 11) is 1.31. The molecule has 0 unspecified atom stereocenters. The minimum atomic E-state index is -1.08. The maximum absolute atomic E-state index is 12.0. The van der Waals surface area contributed by atoms with Gasteiger partial charge in [0.2, 0.25) is 0 Å². The molecule has 3 rings (SSSR count). The van der Waals surface area contributed by atoms with Gasteiger partial charge in [-0.1, -0.05) is 18.2 Å². The van der Waals surface area contributed by atoms with E-state index in [1.54, 1.807) is 37.3 Å². The van der Waals surface area contributed by atoms with Crippen LogP contribution in [-0.2, 0) is 14.3 Å². The van der Waals surface area contributed by atoms with Crippen molar-refractivity contribution in [3.05, 3.63) is 47.5 Å². The number of hydrogen-bond donors (Lipinski definition) is 2. The summed E-state index contributed by atoms with van der Waals surface area (Å²) in [5.74, 6) is -1.77. The molecule has 0 bridgehead atoms. The highest BCUT2D eigenvalue weighted by molar-refractivity contribution is 6.02. The number of hydrogen-bond acceptors (Lipinski definition) is 7. The maximum atomic E-state index is 12.0. The number of carboxylic acid groups (broad SMARTS) is 1. The molecule has 0 spiro atoms. The maximum Gasteiger partial charge on any atom is 0.338 e. The number of carboxylic acids is 1. The van der Waals surface area contributed by atoms with E-state index in [4.69, 9.17) is 14.6 Å². The summed E-state index contributed by atoms with van der Waals surface area (Å²) in [5.41, 5.74) is 2.40. The molecule has 0 fully saturated rings. The fourth-order valence-electron chi connectivity index (χ4n) is 2.80. The Morgan fingerprint density at radius 3 is 2.33 bits per heavy atom. The number of aliphatic hydroxyl groups excluding tert-OH is 1. The topological polar surface area (TPSA) is 119 Å². The highest BCUT2D eigenvalue weighted by Gasteiger charge is 2.23. The van der Waals surface area contributed by atoms with E-state index in [0.29, 0.717) is 27.6 Å². The van der Waals surface area contributed by atoms with Gasteiger partial charge in [-0.05, 0) is 25.1 Å². The highest BCUT2D eigenvalue weighted by Crippen LogP contribution is 2.27. The summed E-state index contributed by atoms with van der Waals surface area (Å²) in [6.45, 7) is 1.19. The molecule has 8 heteroatoms. The number of fused-ring (bicyclic) bond motifs is 2. The molecule has 8 nitrogen and oxygen atoms in total. The van der Waals surface area contributed by atoms with E-state index < -0.39 is 30.8 Å². The standard InChI is InChI=1S/C19H18N2O6/c1-10(27-19(25)15(9-22)26-2)11-5-3-7-13-16(11)20-14-8-4-6-12(18(23)24)17(14)21-13/h3-8,10,15,22H,9H2,1-2H3,(H,23,24)/t10-,15-/m1/s1. The van der Waals surface area contributed by atoms with Crippen LogP contribution in [0.1, 0.15) is 28.9 Å². The molecule has 0 aliphatic heterocycles. The number of ether oxygens (including phenoxy) is 2. The second kappa shape index (κ2) is 7.65. The van der Waals surface area contributed by atoms with E-state index in [0.717, 1.165) is 0 Å². The number of nitrogens with zero attached hydrogens (tertiary/aromatic N) is 2. The van der Waals surface area contributed by atoms with Gasteiger partial charge < -0.3 is 19.7 Å². The Hall–Kier alpha value is -3.10. The van der Waals surface area contributed by atoms with E-state index in [2.05, 4.69) is 9.97 Å². The van der Waals surface area contributed by atoms with Crippen molar-refractivity contribution in [2.24, 2.45) is 0 Å². The number of para-hydroxylation sites is 2. The van der Waals surface area contributed by atoms with E-state index in [1.165, 1.54) is 13.2 Å². The van der Waals surface area contributed by atoms with Gasteiger partial charge in [0.15, 0.2) is 6.10 Å². The summed E-state index contributed by atoms with van der Waals surface area (Å²) in [4.78, 5) is 32.4. The fourth-order valence-corrected chi connectivity index (χ4v) is 2.80. The lowest BCUT2D eigenvalue weighted by Crippen LogP contribution is -2.29. The smallest absolute Gasteiger partial charge is 0.338 e. The van der Waals surface area contributed by atoms with Crippen LogP contribution in [0.15, 0.2) is 36.4 Å². The highest BCUT2D eigenvalue weighted by atomic mass is 16.6. The molecule has 0 radical (unpaired) electrons. The molecule has 0 saturated carbocycles. The Morgan fingerprint density at radius 1 is 1.07 bits per heavy atom. The Labute approximate surface area is 154 Å². The summed E-state index contributed by atoms with van der Waals surface area (Å²) >= 11 is 0. The van der Waals surface area contributed by atoms with Crippen molar-refractivity contribution in [2.75, 3.05) is 13.7 Å². The van der Waals surface area contributed by atoms with Crippen LogP contribution in [-0.4, -0.2) is 51.9 Å². The molecule has 1 aromatic heterocycles. The number of carbonyl (C=O) groups excluding carboxylic acids is 1. The SMILES string of the molecule is CO[C@H](CO)C(=O)O[C@H](C)c1cccc2nc3c(C(=O)O)cccc3nc12. The van der Waals surface area contributed by atoms with Gasteiger partial charge in [-0.25, -0.2) is 19.6 Å². The van der Waals surface area contributed by atoms with E-state index >= 15 is 0 Å². The molecule has 27 heavy (non-hydrogen) atoms. The molecule has 0 aliphatic carbocycles. The monoisotopic (exact) mass is 370 g/mol. The van der Waals surface area contributed by atoms with Crippen LogP contribution in [0.2, 0.25) is 0 Å². The normalized spacial score (nSPS) is 13.4. The Morgan fingerprint density at radius 2 is 1.70 bits per heavy atom. The van der Waals surface area contributed by atoms with Crippen molar-refractivity contribution >= 4 is 34.0 Å². The average Bonchev–Trinajstić information content (AvgIpc) is 2.66. The third-order valence-corrected chi connectivity index (χ3v) is 4.20. The molecular formula is C19H18N2O6. The Balaban J connectivity index is 2.07. The molecule has 2 atom stereocenters. The van der Waals surface area contributed by atoms with Crippen molar-refractivity contribution in [2.45, 2.75) is 19.1 Å². The first kappa shape index (κ1) is 18.7. The van der Waals surface area contributed by atoms with Crippen molar-refractivity contribution < 1.29 is 29.3 Å². The number of aromatic carboxylic acids is 1. The molecule has 2 aromatic carbocycles. The van der Waals surface area contributed by atoms with E-state index in [-0.39, 0.29) is 5.56 Å². The summed E-state index contributed by atoms with van der Waals surface area (Å²) in [5, 5.41) is 18.5. The Kier molecular flexibility index (Phi) is 5.29. The zero-order valence-electron chi connectivity index (χ0n) is 14.7. The lowest BCUT2D eigenvalue weighted by molar-refractivity contribution is -0.162. The van der Waals surface area contributed by atoms with Gasteiger partial charge >= 0.3 is 11.9 Å². The summed E-state index contributed by atoms with van der Waals surface area (Å²) in [6.07, 6.45) is -1.73. The zero-order valence-corrected chi connectivity index (χ0v) is 14.7. The van der Waals surface area contributed by atoms with Crippen LogP contribution < -0.4 is 0 Å². The third-order valence-electron chi connectivity index (χ3n) is 4.20. The fraction of sp³-hybridized carbons (Fsp3) is 0.263. The van der Waals surface area contributed by atoms with Gasteiger partial charge in [-0.15, -0.1) is 0 Å². The average molecular weight is 370 g/mol. The quantitative estimate of drug-likeness (QED) is 0.500. The van der Waals surface area contributed by atoms with Crippen molar-refractivity contribution in [3.63, 3.8) is 0 Å². The van der Waals surface area contributed by atoms with Gasteiger partial charge in [-0.2, -0.15) is 0 Å². The van der Waals surface area contributed by atoms with Gasteiger partial charge in [0.25, 0.3) is 0 Å². The van der Waals surface area contributed by atoms with Crippen LogP contribution in [0.25, 0.3) is 22.1 Å². The van der Waals surface area contributed by atoms with Gasteiger partial charge in [0.1, 0.15) is 11.6 Å². The first-order valence-corrected chi connectivity index (χ1v) is 8.23. The number of aliphatic hydroxyl groups is 1. The van der Waals surface area contributed by atoms with Crippen molar-refractivity contribution in [3.8, 4) is 0 Å². The van der Waals surface area contributed by atoms with E-state index in [1.807, 2.05) is 0 Å². The van der Waals surface area contributed by atoms with Gasteiger partial charge in [-0.3, -0.25) is 0 Å². The van der Waals surface area contributed by atoms with Crippen molar-refractivity contribution in [1.82, 2.24) is 9.97 Å². The largest absolute Gasteiger partial charge is 0.478 e. The summed E-state index contributed by atoms with van der Waals surface area (Å²) in [6, 6.07) is 9.94. The molecule has 3 aromatic rings. The second-order valence-electron chi connectivity index (χ2n) is 5.90. The van der Waals surface area contributed by atoms with Crippen LogP contribution in [0.5, 0.6) is 0 Å². The number of methoxy groups -OCH3 is 1. The molecule has 1 heterocycles. The van der Waals surface area contributed by atoms with Crippen molar-refractivity contribution in [1.29, 1.82) is 0 Å². The molecule has 0 aliphatic rings. The van der Waals surface area contributed by atoms with Crippen LogP contribution >= 0.6 is 0 Å². The van der Waals surface area contributed by atoms with Gasteiger partial charge in [0.05, 0.1) is 28.7 Å². The zero-order chi connectivity index (χ0) is 19.6. The lowest BCUT2D eigenvalue weighted by Gasteiger charge is -2.18. The third kappa shape index (κ3) is 3.57. The van der Waals surface area contributed by atoms with Crippen LogP contribution in [0.4, 0.5) is 0 Å². The molecular weight excluding hydrogens is 352 g/mol. The number of carbonyl (C=O) groups is 2. The molecule has 0 saturated heterocycles. The minimum absolute atomic E-state index is 0.0673. The Bertz CT molecular complexity index is 1020. The van der Waals surface area contributed by atoms with Crippen LogP contribution in [0, 0.1) is 0 Å². The first-order valence-electron chi connectivity index (χ1n) is 8.23. The minimum Gasteiger partial charge on any atom is -0.478 e. The molecule has 2 N–H and O–H groups in total. The predicted molar refractivity (Wildman–Crippen MR) is 96.4 cm³/mol. The molecule has 140 valence electrons. The number of benzene rings is 2.